The zero-order chi connectivity index (χ0) is 22.9. The van der Waals surface area contributed by atoms with Crippen LogP contribution in [0.4, 0.5) is 10.1 Å². The number of fused-ring (bicyclic) bond motifs is 2. The Bertz CT molecular complexity index is 1060. The van der Waals surface area contributed by atoms with E-state index >= 15 is 4.39 Å². The number of amides is 4. The van der Waals surface area contributed by atoms with Crippen LogP contribution in [-0.2, 0) is 9.59 Å². The van der Waals surface area contributed by atoms with Gasteiger partial charge in [-0.25, -0.2) is 4.39 Å². The topological polar surface area (TPSA) is 90.0 Å². The molecule has 33 heavy (non-hydrogen) atoms. The Balaban J connectivity index is 1.16. The van der Waals surface area contributed by atoms with E-state index < -0.39 is 35.5 Å². The molecule has 3 atom stereocenters. The van der Waals surface area contributed by atoms with Gasteiger partial charge in [0.25, 0.3) is 11.8 Å². The van der Waals surface area contributed by atoms with Gasteiger partial charge in [-0.15, -0.1) is 0 Å². The SMILES string of the molecule is O=C1CCC(N2C(=O)c3cc(F)c(N4CCC(CN5CC6CC6C5)CC4)cc3C2=O)C(=O)N1. The van der Waals surface area contributed by atoms with Crippen molar-refractivity contribution >= 4 is 29.3 Å². The quantitative estimate of drug-likeness (QED) is 0.692. The molecule has 1 aliphatic carbocycles. The fraction of sp³-hybridized carbons (Fsp3) is 0.583. The van der Waals surface area contributed by atoms with E-state index in [0.29, 0.717) is 24.7 Å². The molecule has 5 aliphatic rings. The van der Waals surface area contributed by atoms with Gasteiger partial charge in [0.2, 0.25) is 11.8 Å². The molecule has 4 aliphatic heterocycles. The van der Waals surface area contributed by atoms with E-state index in [1.165, 1.54) is 25.6 Å². The molecule has 1 N–H and O–H groups in total. The lowest BCUT2D eigenvalue weighted by molar-refractivity contribution is -0.136. The zero-order valence-corrected chi connectivity index (χ0v) is 18.4. The second-order valence-electron chi connectivity index (χ2n) is 10.2. The summed E-state index contributed by atoms with van der Waals surface area (Å²) in [5, 5.41) is 2.17. The van der Waals surface area contributed by atoms with Gasteiger partial charge in [-0.2, -0.15) is 0 Å². The highest BCUT2D eigenvalue weighted by molar-refractivity contribution is 6.23. The summed E-state index contributed by atoms with van der Waals surface area (Å²) in [4.78, 5) is 55.0. The van der Waals surface area contributed by atoms with Crippen molar-refractivity contribution < 1.29 is 23.6 Å². The Morgan fingerprint density at radius 3 is 2.27 bits per heavy atom. The van der Waals surface area contributed by atoms with Gasteiger partial charge in [-0.1, -0.05) is 0 Å². The van der Waals surface area contributed by atoms with Crippen LogP contribution in [0.5, 0.6) is 0 Å². The van der Waals surface area contributed by atoms with Crippen molar-refractivity contribution in [2.45, 2.75) is 38.1 Å². The minimum Gasteiger partial charge on any atom is -0.369 e. The second kappa shape index (κ2) is 7.62. The molecule has 4 fully saturated rings. The number of likely N-dealkylation sites (tertiary alicyclic amines) is 1. The number of benzene rings is 1. The van der Waals surface area contributed by atoms with Crippen molar-refractivity contribution in [3.05, 3.63) is 29.1 Å². The van der Waals surface area contributed by atoms with Crippen LogP contribution in [0.2, 0.25) is 0 Å². The number of piperidine rings is 3. The van der Waals surface area contributed by atoms with E-state index in [-0.39, 0.29) is 24.0 Å². The summed E-state index contributed by atoms with van der Waals surface area (Å²) in [5.74, 6) is -0.466. The highest BCUT2D eigenvalue weighted by Gasteiger charge is 2.46. The molecular formula is C24H27FN4O4. The van der Waals surface area contributed by atoms with E-state index in [1.54, 1.807) is 0 Å². The number of halogens is 1. The first-order chi connectivity index (χ1) is 15.9. The number of hydrogen-bond donors (Lipinski definition) is 1. The van der Waals surface area contributed by atoms with E-state index in [1.807, 2.05) is 4.90 Å². The van der Waals surface area contributed by atoms with Crippen molar-refractivity contribution in [1.82, 2.24) is 15.1 Å². The third-order valence-electron chi connectivity index (χ3n) is 8.03. The number of hydrogen-bond acceptors (Lipinski definition) is 6. The lowest BCUT2D eigenvalue weighted by Gasteiger charge is -2.35. The normalized spacial score (nSPS) is 30.0. The molecule has 4 amide bonds. The lowest BCUT2D eigenvalue weighted by atomic mass is 9.95. The van der Waals surface area contributed by atoms with Crippen LogP contribution >= 0.6 is 0 Å². The van der Waals surface area contributed by atoms with Crippen molar-refractivity contribution in [3.63, 3.8) is 0 Å². The summed E-state index contributed by atoms with van der Waals surface area (Å²) in [5.41, 5.74) is 0.439. The molecule has 8 nitrogen and oxygen atoms in total. The van der Waals surface area contributed by atoms with Crippen LogP contribution < -0.4 is 10.2 Å². The maximum absolute atomic E-state index is 15.0. The Hall–Kier alpha value is -2.81. The Morgan fingerprint density at radius 1 is 0.939 bits per heavy atom. The third-order valence-corrected chi connectivity index (χ3v) is 8.03. The van der Waals surface area contributed by atoms with Gasteiger partial charge in [0.15, 0.2) is 0 Å². The van der Waals surface area contributed by atoms with Crippen molar-refractivity contribution in [2.24, 2.45) is 17.8 Å². The molecule has 174 valence electrons. The highest BCUT2D eigenvalue weighted by Crippen LogP contribution is 2.45. The molecule has 3 saturated heterocycles. The molecule has 0 radical (unpaired) electrons. The van der Waals surface area contributed by atoms with Crippen molar-refractivity contribution in [3.8, 4) is 0 Å². The highest BCUT2D eigenvalue weighted by atomic mass is 19.1. The summed E-state index contributed by atoms with van der Waals surface area (Å²) in [6.07, 6.45) is 3.47. The van der Waals surface area contributed by atoms with Crippen molar-refractivity contribution in [1.29, 1.82) is 0 Å². The van der Waals surface area contributed by atoms with E-state index in [4.69, 9.17) is 0 Å². The number of carbonyl (C=O) groups excluding carboxylic acids is 4. The summed E-state index contributed by atoms with van der Waals surface area (Å²) >= 11 is 0. The van der Waals surface area contributed by atoms with Gasteiger partial charge in [-0.3, -0.25) is 29.4 Å². The molecule has 6 rings (SSSR count). The van der Waals surface area contributed by atoms with Crippen LogP contribution in [0.3, 0.4) is 0 Å². The monoisotopic (exact) mass is 454 g/mol. The zero-order valence-electron chi connectivity index (χ0n) is 18.4. The lowest BCUT2D eigenvalue weighted by Crippen LogP contribution is -2.54. The van der Waals surface area contributed by atoms with Gasteiger partial charge in [0, 0.05) is 39.1 Å². The number of rotatable bonds is 4. The van der Waals surface area contributed by atoms with Gasteiger partial charge in [0.1, 0.15) is 11.9 Å². The first-order valence-corrected chi connectivity index (χ1v) is 11.9. The first-order valence-electron chi connectivity index (χ1n) is 11.9. The van der Waals surface area contributed by atoms with Crippen molar-refractivity contribution in [2.75, 3.05) is 37.6 Å². The molecule has 0 spiro atoms. The molecule has 1 aromatic rings. The van der Waals surface area contributed by atoms with Crippen LogP contribution in [0, 0.1) is 23.6 Å². The molecule has 0 bridgehead atoms. The van der Waals surface area contributed by atoms with Crippen LogP contribution in [0.25, 0.3) is 0 Å². The molecule has 0 aromatic heterocycles. The maximum Gasteiger partial charge on any atom is 0.262 e. The first kappa shape index (κ1) is 20.8. The predicted molar refractivity (Wildman–Crippen MR) is 116 cm³/mol. The predicted octanol–water partition coefficient (Wildman–Crippen LogP) is 1.40. The molecule has 3 unspecified atom stereocenters. The standard InChI is InChI=1S/C24H27FN4O4/c25-18-8-16-17(24(33)29(23(16)32)19-1-2-21(30)26-22(19)31)9-20(18)28-5-3-13(4-6-28)10-27-11-14-7-15(14)12-27/h8-9,13-15,19H,1-7,10-12H2,(H,26,30,31). The van der Waals surface area contributed by atoms with E-state index in [9.17, 15) is 19.2 Å². The Kier molecular flexibility index (Phi) is 4.79. The van der Waals surface area contributed by atoms with Crippen LogP contribution in [0.15, 0.2) is 12.1 Å². The number of imide groups is 2. The smallest absolute Gasteiger partial charge is 0.262 e. The minimum atomic E-state index is -1.05. The average Bonchev–Trinajstić information content (AvgIpc) is 3.33. The molecule has 1 saturated carbocycles. The fourth-order valence-electron chi connectivity index (χ4n) is 6.09. The third kappa shape index (κ3) is 3.53. The Morgan fingerprint density at radius 2 is 1.61 bits per heavy atom. The van der Waals surface area contributed by atoms with Crippen LogP contribution in [0.1, 0.15) is 52.8 Å². The minimum absolute atomic E-state index is 0.0200. The molecule has 9 heteroatoms. The van der Waals surface area contributed by atoms with Gasteiger partial charge >= 0.3 is 0 Å². The fourth-order valence-corrected chi connectivity index (χ4v) is 6.09. The molecule has 1 aromatic carbocycles. The van der Waals surface area contributed by atoms with Gasteiger partial charge in [-0.05, 0) is 55.6 Å². The van der Waals surface area contributed by atoms with E-state index in [0.717, 1.165) is 42.2 Å². The van der Waals surface area contributed by atoms with E-state index in [2.05, 4.69) is 10.2 Å². The van der Waals surface area contributed by atoms with Crippen LogP contribution in [-0.4, -0.2) is 72.2 Å². The van der Waals surface area contributed by atoms with Gasteiger partial charge in [0.05, 0.1) is 16.8 Å². The number of anilines is 1. The van der Waals surface area contributed by atoms with Gasteiger partial charge < -0.3 is 9.80 Å². The number of carbonyl (C=O) groups is 4. The maximum atomic E-state index is 15.0. The summed E-state index contributed by atoms with van der Waals surface area (Å²) in [6.45, 7) is 4.98. The average molecular weight is 455 g/mol. The number of nitrogens with one attached hydrogen (secondary N) is 1. The summed E-state index contributed by atoms with van der Waals surface area (Å²) < 4.78 is 15.0. The summed E-state index contributed by atoms with van der Waals surface area (Å²) in [6, 6.07) is 1.54. The molecule has 4 heterocycles. The molecular weight excluding hydrogens is 427 g/mol. The Labute approximate surface area is 191 Å². The second-order valence-corrected chi connectivity index (χ2v) is 10.2. The largest absolute Gasteiger partial charge is 0.369 e. The summed E-state index contributed by atoms with van der Waals surface area (Å²) in [7, 11) is 0. The number of nitrogens with zero attached hydrogens (tertiary/aromatic N) is 3.